The van der Waals surface area contributed by atoms with Crippen molar-refractivity contribution in [1.82, 2.24) is 5.32 Å². The average Bonchev–Trinajstić information content (AvgIpc) is 2.59. The normalized spacial score (nSPS) is 19.7. The summed E-state index contributed by atoms with van der Waals surface area (Å²) in [6.45, 7) is 1.32. The summed E-state index contributed by atoms with van der Waals surface area (Å²) in [5, 5.41) is 11.8. The molecule has 1 amide bonds. The second-order valence-corrected chi connectivity index (χ2v) is 6.76. The molecule has 1 saturated carbocycles. The highest BCUT2D eigenvalue weighted by Crippen LogP contribution is 2.31. The topological polar surface area (TPSA) is 92.4 Å². The predicted molar refractivity (Wildman–Crippen MR) is 101 cm³/mol. The second kappa shape index (κ2) is 11.1. The van der Waals surface area contributed by atoms with E-state index in [4.69, 9.17) is 10.8 Å². The van der Waals surface area contributed by atoms with Crippen molar-refractivity contribution >= 4 is 24.3 Å². The molecular weight excluding hydrogens is 340 g/mol. The zero-order valence-electron chi connectivity index (χ0n) is 14.6. The Labute approximate surface area is 155 Å². The summed E-state index contributed by atoms with van der Waals surface area (Å²) in [6, 6.07) is 7.61. The van der Waals surface area contributed by atoms with Crippen molar-refractivity contribution in [3.8, 4) is 0 Å². The van der Waals surface area contributed by atoms with Crippen LogP contribution in [0, 0.1) is 11.8 Å². The van der Waals surface area contributed by atoms with Gasteiger partial charge in [-0.25, -0.2) is 0 Å². The van der Waals surface area contributed by atoms with Crippen LogP contribution in [-0.2, 0) is 11.2 Å². The van der Waals surface area contributed by atoms with Crippen LogP contribution in [0.15, 0.2) is 24.3 Å². The summed E-state index contributed by atoms with van der Waals surface area (Å²) < 4.78 is 0. The number of benzene rings is 1. The summed E-state index contributed by atoms with van der Waals surface area (Å²) in [5.41, 5.74) is 7.36. The van der Waals surface area contributed by atoms with E-state index in [9.17, 15) is 9.59 Å². The first-order valence-electron chi connectivity index (χ1n) is 8.87. The number of hydrogen-bond acceptors (Lipinski definition) is 3. The highest BCUT2D eigenvalue weighted by Gasteiger charge is 2.22. The van der Waals surface area contributed by atoms with Gasteiger partial charge in [-0.3, -0.25) is 9.59 Å². The Bertz CT molecular complexity index is 540. The minimum Gasteiger partial charge on any atom is -0.481 e. The molecule has 0 spiro atoms. The maximum absolute atomic E-state index is 12.2. The van der Waals surface area contributed by atoms with E-state index in [1.54, 1.807) is 0 Å². The number of amides is 1. The van der Waals surface area contributed by atoms with E-state index in [1.165, 1.54) is 0 Å². The van der Waals surface area contributed by atoms with E-state index in [-0.39, 0.29) is 24.7 Å². The number of halogens is 1. The van der Waals surface area contributed by atoms with Gasteiger partial charge in [0.25, 0.3) is 5.91 Å². The third kappa shape index (κ3) is 7.45. The Morgan fingerprint density at radius 3 is 2.24 bits per heavy atom. The maximum Gasteiger partial charge on any atom is 0.303 e. The minimum atomic E-state index is -0.707. The molecule has 2 rings (SSSR count). The van der Waals surface area contributed by atoms with Crippen molar-refractivity contribution in [2.24, 2.45) is 17.6 Å². The smallest absolute Gasteiger partial charge is 0.303 e. The van der Waals surface area contributed by atoms with Gasteiger partial charge in [-0.2, -0.15) is 0 Å². The fourth-order valence-electron chi connectivity index (χ4n) is 3.38. The Morgan fingerprint density at radius 2 is 1.68 bits per heavy atom. The van der Waals surface area contributed by atoms with E-state index in [2.05, 4.69) is 5.32 Å². The molecule has 1 aromatic carbocycles. The molecule has 0 atom stereocenters. The van der Waals surface area contributed by atoms with E-state index < -0.39 is 5.97 Å². The fraction of sp³-hybridized carbons (Fsp3) is 0.579. The van der Waals surface area contributed by atoms with Crippen molar-refractivity contribution in [2.75, 3.05) is 13.1 Å². The van der Waals surface area contributed by atoms with Gasteiger partial charge in [0.2, 0.25) is 0 Å². The van der Waals surface area contributed by atoms with Crippen LogP contribution in [-0.4, -0.2) is 30.1 Å². The summed E-state index contributed by atoms with van der Waals surface area (Å²) >= 11 is 0. The molecule has 0 heterocycles. The number of nitrogens with two attached hydrogens (primary N) is 1. The lowest BCUT2D eigenvalue weighted by Gasteiger charge is -2.28. The predicted octanol–water partition coefficient (Wildman–Crippen LogP) is 3.01. The summed E-state index contributed by atoms with van der Waals surface area (Å²) in [5.74, 6) is 0.304. The third-order valence-electron chi connectivity index (χ3n) is 4.93. The maximum atomic E-state index is 12.2. The minimum absolute atomic E-state index is 0. The number of rotatable bonds is 8. The number of carboxylic acid groups (broad SMARTS) is 1. The van der Waals surface area contributed by atoms with Crippen molar-refractivity contribution in [2.45, 2.75) is 44.9 Å². The van der Waals surface area contributed by atoms with Crippen LogP contribution >= 0.6 is 12.4 Å². The van der Waals surface area contributed by atoms with Gasteiger partial charge in [0.15, 0.2) is 0 Å². The number of carbonyl (C=O) groups excluding carboxylic acids is 1. The Hall–Kier alpha value is -1.59. The molecule has 25 heavy (non-hydrogen) atoms. The van der Waals surface area contributed by atoms with E-state index >= 15 is 0 Å². The average molecular weight is 369 g/mol. The molecular formula is C19H29ClN2O3. The number of nitrogens with one attached hydrogen (secondary N) is 1. The molecule has 0 bridgehead atoms. The van der Waals surface area contributed by atoms with Gasteiger partial charge in [-0.05, 0) is 61.8 Å². The quantitative estimate of drug-likeness (QED) is 0.657. The SMILES string of the molecule is Cl.NCCc1ccc(C(=O)NCC2CCC(CCC(=O)O)CC2)cc1. The lowest BCUT2D eigenvalue weighted by atomic mass is 9.80. The van der Waals surface area contributed by atoms with Gasteiger partial charge in [0.1, 0.15) is 0 Å². The van der Waals surface area contributed by atoms with E-state index in [0.717, 1.165) is 44.1 Å². The molecule has 4 N–H and O–H groups in total. The van der Waals surface area contributed by atoms with Crippen LogP contribution in [0.1, 0.15) is 54.4 Å². The first-order chi connectivity index (χ1) is 11.6. The van der Waals surface area contributed by atoms with Crippen LogP contribution < -0.4 is 11.1 Å². The Kier molecular flexibility index (Phi) is 9.53. The molecule has 6 heteroatoms. The van der Waals surface area contributed by atoms with Crippen LogP contribution in [0.4, 0.5) is 0 Å². The highest BCUT2D eigenvalue weighted by molar-refractivity contribution is 5.94. The summed E-state index contributed by atoms with van der Waals surface area (Å²) in [7, 11) is 0. The number of hydrogen-bond donors (Lipinski definition) is 3. The molecule has 0 radical (unpaired) electrons. The molecule has 1 aliphatic rings. The lowest BCUT2D eigenvalue weighted by molar-refractivity contribution is -0.137. The molecule has 0 saturated heterocycles. The number of carbonyl (C=O) groups is 2. The summed E-state index contributed by atoms with van der Waals surface area (Å²) in [6.07, 6.45) is 6.16. The second-order valence-electron chi connectivity index (χ2n) is 6.76. The van der Waals surface area contributed by atoms with Crippen LogP contribution in [0.5, 0.6) is 0 Å². The van der Waals surface area contributed by atoms with Crippen molar-refractivity contribution in [1.29, 1.82) is 0 Å². The third-order valence-corrected chi connectivity index (χ3v) is 4.93. The molecule has 0 unspecified atom stereocenters. The van der Waals surface area contributed by atoms with Crippen LogP contribution in [0.25, 0.3) is 0 Å². The lowest BCUT2D eigenvalue weighted by Crippen LogP contribution is -2.31. The van der Waals surface area contributed by atoms with Gasteiger partial charge in [-0.1, -0.05) is 25.0 Å². The number of aliphatic carboxylic acids is 1. The fourth-order valence-corrected chi connectivity index (χ4v) is 3.38. The Morgan fingerprint density at radius 1 is 1.08 bits per heavy atom. The van der Waals surface area contributed by atoms with Gasteiger partial charge >= 0.3 is 5.97 Å². The van der Waals surface area contributed by atoms with Crippen molar-refractivity contribution < 1.29 is 14.7 Å². The van der Waals surface area contributed by atoms with E-state index in [0.29, 0.717) is 30.5 Å². The zero-order chi connectivity index (χ0) is 17.4. The van der Waals surface area contributed by atoms with E-state index in [1.807, 2.05) is 24.3 Å². The standard InChI is InChI=1S/C19H28N2O3.ClH/c20-12-11-15-5-8-17(9-6-15)19(24)21-13-16-3-1-14(2-4-16)7-10-18(22)23;/h5-6,8-9,14,16H,1-4,7,10-13,20H2,(H,21,24)(H,22,23);1H. The van der Waals surface area contributed by atoms with Gasteiger partial charge in [0.05, 0.1) is 0 Å². The molecule has 1 aliphatic carbocycles. The Balaban J connectivity index is 0.00000312. The first kappa shape index (κ1) is 21.5. The summed E-state index contributed by atoms with van der Waals surface area (Å²) in [4.78, 5) is 22.8. The van der Waals surface area contributed by atoms with Gasteiger partial charge in [-0.15, -0.1) is 12.4 Å². The first-order valence-corrected chi connectivity index (χ1v) is 8.87. The zero-order valence-corrected chi connectivity index (χ0v) is 15.4. The van der Waals surface area contributed by atoms with Crippen molar-refractivity contribution in [3.63, 3.8) is 0 Å². The van der Waals surface area contributed by atoms with Crippen molar-refractivity contribution in [3.05, 3.63) is 35.4 Å². The number of carboxylic acids is 1. The molecule has 1 fully saturated rings. The largest absolute Gasteiger partial charge is 0.481 e. The molecule has 0 aliphatic heterocycles. The molecule has 0 aromatic heterocycles. The van der Waals surface area contributed by atoms with Crippen LogP contribution in [0.3, 0.4) is 0 Å². The monoisotopic (exact) mass is 368 g/mol. The molecule has 1 aromatic rings. The van der Waals surface area contributed by atoms with Crippen LogP contribution in [0.2, 0.25) is 0 Å². The molecule has 140 valence electrons. The van der Waals surface area contributed by atoms with Gasteiger partial charge < -0.3 is 16.2 Å². The highest BCUT2D eigenvalue weighted by atomic mass is 35.5. The molecule has 5 nitrogen and oxygen atoms in total. The van der Waals surface area contributed by atoms with Gasteiger partial charge in [0, 0.05) is 18.5 Å².